The third-order valence-electron chi connectivity index (χ3n) is 3.01. The standard InChI is InChI=1S/C15H18N4O3/c1-19(10-15(20)18-14-9-16-6-7-17-14)12-8-11(21-2)4-5-13(12)22-3/h4-9H,10H2,1-3H3,(H,17,18,20). The van der Waals surface area contributed by atoms with E-state index in [9.17, 15) is 4.79 Å². The lowest BCUT2D eigenvalue weighted by molar-refractivity contribution is -0.114. The predicted octanol–water partition coefficient (Wildman–Crippen LogP) is 1.57. The molecule has 0 fully saturated rings. The average molecular weight is 302 g/mol. The molecule has 0 aliphatic rings. The minimum absolute atomic E-state index is 0.139. The fourth-order valence-electron chi connectivity index (χ4n) is 1.94. The van der Waals surface area contributed by atoms with E-state index in [2.05, 4.69) is 15.3 Å². The van der Waals surface area contributed by atoms with Crippen LogP contribution in [-0.2, 0) is 4.79 Å². The smallest absolute Gasteiger partial charge is 0.245 e. The lowest BCUT2D eigenvalue weighted by Gasteiger charge is -2.21. The van der Waals surface area contributed by atoms with Crippen LogP contribution in [0.15, 0.2) is 36.8 Å². The number of aromatic nitrogens is 2. The lowest BCUT2D eigenvalue weighted by atomic mass is 10.2. The molecule has 1 aromatic heterocycles. The number of benzene rings is 1. The highest BCUT2D eigenvalue weighted by atomic mass is 16.5. The fourth-order valence-corrected chi connectivity index (χ4v) is 1.94. The zero-order chi connectivity index (χ0) is 15.9. The summed E-state index contributed by atoms with van der Waals surface area (Å²) in [7, 11) is 4.97. The zero-order valence-electron chi connectivity index (χ0n) is 12.7. The first-order valence-corrected chi connectivity index (χ1v) is 6.63. The van der Waals surface area contributed by atoms with Gasteiger partial charge in [0.1, 0.15) is 11.5 Å². The summed E-state index contributed by atoms with van der Waals surface area (Å²) < 4.78 is 10.5. The van der Waals surface area contributed by atoms with Gasteiger partial charge >= 0.3 is 0 Å². The number of methoxy groups -OCH3 is 2. The molecule has 0 aliphatic heterocycles. The second-order valence-electron chi connectivity index (χ2n) is 4.53. The molecule has 1 N–H and O–H groups in total. The minimum Gasteiger partial charge on any atom is -0.497 e. The molecule has 7 heteroatoms. The van der Waals surface area contributed by atoms with Crippen LogP contribution in [0, 0.1) is 0 Å². The number of amides is 1. The van der Waals surface area contributed by atoms with E-state index in [-0.39, 0.29) is 12.5 Å². The van der Waals surface area contributed by atoms with E-state index in [1.54, 1.807) is 44.5 Å². The molecule has 2 rings (SSSR count). The highest BCUT2D eigenvalue weighted by Gasteiger charge is 2.13. The van der Waals surface area contributed by atoms with E-state index >= 15 is 0 Å². The van der Waals surface area contributed by atoms with Gasteiger partial charge in [0, 0.05) is 25.5 Å². The van der Waals surface area contributed by atoms with Gasteiger partial charge in [-0.1, -0.05) is 0 Å². The Morgan fingerprint density at radius 3 is 2.73 bits per heavy atom. The highest BCUT2D eigenvalue weighted by molar-refractivity contribution is 5.93. The van der Waals surface area contributed by atoms with Crippen LogP contribution in [0.1, 0.15) is 0 Å². The monoisotopic (exact) mass is 302 g/mol. The summed E-state index contributed by atoms with van der Waals surface area (Å²) in [5.74, 6) is 1.57. The van der Waals surface area contributed by atoms with Crippen LogP contribution >= 0.6 is 0 Å². The van der Waals surface area contributed by atoms with Crippen LogP contribution in [-0.4, -0.2) is 43.7 Å². The van der Waals surface area contributed by atoms with Crippen molar-refractivity contribution in [1.29, 1.82) is 0 Å². The third kappa shape index (κ3) is 3.85. The first-order chi connectivity index (χ1) is 10.6. The van der Waals surface area contributed by atoms with Crippen molar-refractivity contribution in [2.24, 2.45) is 0 Å². The first-order valence-electron chi connectivity index (χ1n) is 6.63. The fraction of sp³-hybridized carbons (Fsp3) is 0.267. The summed E-state index contributed by atoms with van der Waals surface area (Å²) in [6.07, 6.45) is 4.55. The molecule has 0 saturated heterocycles. The van der Waals surface area contributed by atoms with Crippen molar-refractivity contribution in [3.05, 3.63) is 36.8 Å². The van der Waals surface area contributed by atoms with Crippen LogP contribution in [0.2, 0.25) is 0 Å². The largest absolute Gasteiger partial charge is 0.497 e. The van der Waals surface area contributed by atoms with Gasteiger partial charge in [0.05, 0.1) is 32.6 Å². The Labute approximate surface area is 128 Å². The minimum atomic E-state index is -0.201. The van der Waals surface area contributed by atoms with Crippen LogP contribution in [0.25, 0.3) is 0 Å². The van der Waals surface area contributed by atoms with E-state index in [1.807, 2.05) is 6.07 Å². The number of carbonyl (C=O) groups is 1. The quantitative estimate of drug-likeness (QED) is 0.873. The molecule has 7 nitrogen and oxygen atoms in total. The molecule has 0 radical (unpaired) electrons. The van der Waals surface area contributed by atoms with Crippen LogP contribution < -0.4 is 19.7 Å². The Morgan fingerprint density at radius 1 is 1.27 bits per heavy atom. The molecule has 0 atom stereocenters. The van der Waals surface area contributed by atoms with E-state index in [0.29, 0.717) is 17.3 Å². The van der Waals surface area contributed by atoms with E-state index in [4.69, 9.17) is 9.47 Å². The second-order valence-corrected chi connectivity index (χ2v) is 4.53. The van der Waals surface area contributed by atoms with E-state index < -0.39 is 0 Å². The van der Waals surface area contributed by atoms with E-state index in [1.165, 1.54) is 12.4 Å². The predicted molar refractivity (Wildman–Crippen MR) is 83.5 cm³/mol. The molecule has 2 aromatic rings. The number of hydrogen-bond acceptors (Lipinski definition) is 6. The zero-order valence-corrected chi connectivity index (χ0v) is 12.7. The molecule has 0 saturated carbocycles. The van der Waals surface area contributed by atoms with Crippen LogP contribution in [0.3, 0.4) is 0 Å². The number of anilines is 2. The van der Waals surface area contributed by atoms with Gasteiger partial charge in [0.2, 0.25) is 5.91 Å². The molecule has 0 unspecified atom stereocenters. The molecule has 1 amide bonds. The van der Waals surface area contributed by atoms with Gasteiger partial charge in [0.25, 0.3) is 0 Å². The van der Waals surface area contributed by atoms with Gasteiger partial charge in [-0.05, 0) is 12.1 Å². The number of carbonyl (C=O) groups excluding carboxylic acids is 1. The molecule has 1 aromatic carbocycles. The SMILES string of the molecule is COc1ccc(OC)c(N(C)CC(=O)Nc2cnccn2)c1. The van der Waals surface area contributed by atoms with Crippen molar-refractivity contribution in [2.75, 3.05) is 38.0 Å². The third-order valence-corrected chi connectivity index (χ3v) is 3.01. The number of nitrogens with zero attached hydrogens (tertiary/aromatic N) is 3. The number of nitrogens with one attached hydrogen (secondary N) is 1. The first kappa shape index (κ1) is 15.6. The maximum absolute atomic E-state index is 12.1. The number of rotatable bonds is 6. The molecule has 116 valence electrons. The second kappa shape index (κ2) is 7.26. The molecule has 0 spiro atoms. The van der Waals surface area contributed by atoms with Gasteiger partial charge < -0.3 is 19.7 Å². The Balaban J connectivity index is 2.08. The Bertz CT molecular complexity index is 634. The summed E-state index contributed by atoms with van der Waals surface area (Å²) in [4.78, 5) is 21.7. The van der Waals surface area contributed by atoms with Gasteiger partial charge in [-0.15, -0.1) is 0 Å². The van der Waals surface area contributed by atoms with Crippen molar-refractivity contribution < 1.29 is 14.3 Å². The van der Waals surface area contributed by atoms with Gasteiger partial charge in [-0.3, -0.25) is 9.78 Å². The summed E-state index contributed by atoms with van der Waals surface area (Å²) in [6, 6.07) is 5.41. The van der Waals surface area contributed by atoms with Crippen molar-refractivity contribution in [2.45, 2.75) is 0 Å². The van der Waals surface area contributed by atoms with Gasteiger partial charge in [-0.2, -0.15) is 0 Å². The van der Waals surface area contributed by atoms with Crippen LogP contribution in [0.4, 0.5) is 11.5 Å². The molecular formula is C15H18N4O3. The Morgan fingerprint density at radius 2 is 2.09 bits per heavy atom. The van der Waals surface area contributed by atoms with Gasteiger partial charge in [0.15, 0.2) is 5.82 Å². The lowest BCUT2D eigenvalue weighted by Crippen LogP contribution is -2.30. The van der Waals surface area contributed by atoms with E-state index in [0.717, 1.165) is 5.69 Å². The number of likely N-dealkylation sites (N-methyl/N-ethyl adjacent to an activating group) is 1. The average Bonchev–Trinajstić information content (AvgIpc) is 2.54. The van der Waals surface area contributed by atoms with Gasteiger partial charge in [-0.25, -0.2) is 4.98 Å². The molecular weight excluding hydrogens is 284 g/mol. The summed E-state index contributed by atoms with van der Waals surface area (Å²) >= 11 is 0. The summed E-state index contributed by atoms with van der Waals surface area (Å²) in [5, 5.41) is 2.68. The van der Waals surface area contributed by atoms with Crippen LogP contribution in [0.5, 0.6) is 11.5 Å². The number of ether oxygens (including phenoxy) is 2. The van der Waals surface area contributed by atoms with Crippen molar-refractivity contribution in [1.82, 2.24) is 9.97 Å². The summed E-state index contributed by atoms with van der Waals surface area (Å²) in [6.45, 7) is 0.139. The number of hydrogen-bond donors (Lipinski definition) is 1. The summed E-state index contributed by atoms with van der Waals surface area (Å²) in [5.41, 5.74) is 0.760. The Kier molecular flexibility index (Phi) is 5.13. The normalized spacial score (nSPS) is 9.95. The molecule has 0 aliphatic carbocycles. The van der Waals surface area contributed by atoms with Crippen molar-refractivity contribution >= 4 is 17.4 Å². The molecule has 22 heavy (non-hydrogen) atoms. The van der Waals surface area contributed by atoms with Crippen molar-refractivity contribution in [3.63, 3.8) is 0 Å². The topological polar surface area (TPSA) is 76.6 Å². The Hall–Kier alpha value is -2.83. The maximum atomic E-state index is 12.1. The molecule has 0 bridgehead atoms. The van der Waals surface area contributed by atoms with Crippen molar-refractivity contribution in [3.8, 4) is 11.5 Å². The maximum Gasteiger partial charge on any atom is 0.245 e. The molecule has 1 heterocycles. The highest BCUT2D eigenvalue weighted by Crippen LogP contribution is 2.31.